The number of hydrogen-bond donors (Lipinski definition) is 2. The third-order valence-electron chi connectivity index (χ3n) is 5.41. The lowest BCUT2D eigenvalue weighted by Crippen LogP contribution is -2.38. The average Bonchev–Trinajstić information content (AvgIpc) is 3.21. The molecule has 162 valence electrons. The minimum atomic E-state index is -0.634. The maximum atomic E-state index is 13.1. The van der Waals surface area contributed by atoms with E-state index in [1.54, 1.807) is 11.0 Å². The minimum Gasteiger partial charge on any atom is -0.493 e. The molecular weight excluding hydrogens is 420 g/mol. The molecule has 1 aliphatic rings. The van der Waals surface area contributed by atoms with Gasteiger partial charge in [-0.15, -0.1) is 0 Å². The molecule has 0 unspecified atom stereocenters. The molecule has 0 aliphatic carbocycles. The predicted octanol–water partition coefficient (Wildman–Crippen LogP) is 3.11. The maximum absolute atomic E-state index is 13.1. The topological polar surface area (TPSA) is 111 Å². The van der Waals surface area contributed by atoms with E-state index in [2.05, 4.69) is 4.98 Å². The van der Waals surface area contributed by atoms with E-state index in [-0.39, 0.29) is 35.0 Å². The first-order valence-corrected chi connectivity index (χ1v) is 10.4. The molecule has 31 heavy (non-hydrogen) atoms. The van der Waals surface area contributed by atoms with Crippen molar-refractivity contribution in [1.82, 2.24) is 14.9 Å². The molecule has 0 atom stereocenters. The summed E-state index contributed by atoms with van der Waals surface area (Å²) in [7, 11) is 1.44. The van der Waals surface area contributed by atoms with E-state index >= 15 is 0 Å². The molecule has 0 bridgehead atoms. The molecular formula is C22H23ClN4O4. The molecule has 2 heterocycles. The van der Waals surface area contributed by atoms with E-state index in [1.807, 2.05) is 24.3 Å². The van der Waals surface area contributed by atoms with Crippen LogP contribution in [0.3, 0.4) is 0 Å². The van der Waals surface area contributed by atoms with Crippen LogP contribution >= 0.6 is 11.6 Å². The monoisotopic (exact) mass is 442 g/mol. The standard InChI is InChI=1S/C22H23ClN4O4/c1-30-18-11-14(10-15(23)20(18)31-12-19(24)28)22(29)27-8-6-13(7-9-27)21-25-16-4-2-3-5-17(16)26-21/h2-5,10-11,13H,6-9,12H2,1H3,(H2,24,28)(H,25,26). The van der Waals surface area contributed by atoms with Gasteiger partial charge in [0.25, 0.3) is 11.8 Å². The van der Waals surface area contributed by atoms with Gasteiger partial charge in [-0.3, -0.25) is 9.59 Å². The highest BCUT2D eigenvalue weighted by molar-refractivity contribution is 6.32. The number of piperidine rings is 1. The molecule has 0 radical (unpaired) electrons. The van der Waals surface area contributed by atoms with Crippen LogP contribution in [0.15, 0.2) is 36.4 Å². The number of methoxy groups -OCH3 is 1. The fraction of sp³-hybridized carbons (Fsp3) is 0.318. The summed E-state index contributed by atoms with van der Waals surface area (Å²) in [6.07, 6.45) is 1.63. The Hall–Kier alpha value is -3.26. The first-order chi connectivity index (χ1) is 15.0. The highest BCUT2D eigenvalue weighted by Gasteiger charge is 2.27. The molecule has 2 aromatic carbocycles. The van der Waals surface area contributed by atoms with E-state index in [0.29, 0.717) is 18.7 Å². The first-order valence-electron chi connectivity index (χ1n) is 9.99. The average molecular weight is 443 g/mol. The largest absolute Gasteiger partial charge is 0.493 e. The second kappa shape index (κ2) is 8.85. The summed E-state index contributed by atoms with van der Waals surface area (Å²) in [6, 6.07) is 11.0. The van der Waals surface area contributed by atoms with E-state index < -0.39 is 5.91 Å². The minimum absolute atomic E-state index is 0.135. The zero-order chi connectivity index (χ0) is 22.0. The van der Waals surface area contributed by atoms with Crippen molar-refractivity contribution in [2.75, 3.05) is 26.8 Å². The van der Waals surface area contributed by atoms with Crippen molar-refractivity contribution in [2.45, 2.75) is 18.8 Å². The smallest absolute Gasteiger partial charge is 0.255 e. The number of benzene rings is 2. The number of ether oxygens (including phenoxy) is 2. The number of carbonyl (C=O) groups is 2. The Labute approximate surface area is 184 Å². The summed E-state index contributed by atoms with van der Waals surface area (Å²) in [6.45, 7) is 0.888. The summed E-state index contributed by atoms with van der Waals surface area (Å²) < 4.78 is 10.6. The highest BCUT2D eigenvalue weighted by Crippen LogP contribution is 2.37. The van der Waals surface area contributed by atoms with Crippen molar-refractivity contribution in [3.05, 3.63) is 52.8 Å². The van der Waals surface area contributed by atoms with E-state index in [9.17, 15) is 9.59 Å². The van der Waals surface area contributed by atoms with Gasteiger partial charge in [-0.1, -0.05) is 23.7 Å². The molecule has 0 spiro atoms. The summed E-state index contributed by atoms with van der Waals surface area (Å²) >= 11 is 6.28. The number of rotatable bonds is 6. The van der Waals surface area contributed by atoms with Crippen molar-refractivity contribution in [2.24, 2.45) is 5.73 Å². The van der Waals surface area contributed by atoms with Crippen LogP contribution < -0.4 is 15.2 Å². The van der Waals surface area contributed by atoms with E-state index in [1.165, 1.54) is 13.2 Å². The number of halogens is 1. The number of carbonyl (C=O) groups excluding carboxylic acids is 2. The Kier molecular flexibility index (Phi) is 5.99. The molecule has 1 fully saturated rings. The molecule has 1 aliphatic heterocycles. The van der Waals surface area contributed by atoms with Crippen LogP contribution in [0, 0.1) is 0 Å². The molecule has 0 saturated carbocycles. The molecule has 2 amide bonds. The Morgan fingerprint density at radius 2 is 2.00 bits per heavy atom. The lowest BCUT2D eigenvalue weighted by atomic mass is 9.95. The van der Waals surface area contributed by atoms with Gasteiger partial charge in [0.05, 0.1) is 23.2 Å². The number of para-hydroxylation sites is 2. The molecule has 3 N–H and O–H groups in total. The predicted molar refractivity (Wildman–Crippen MR) is 117 cm³/mol. The zero-order valence-electron chi connectivity index (χ0n) is 17.1. The van der Waals surface area contributed by atoms with Crippen LogP contribution in [0.2, 0.25) is 5.02 Å². The number of nitrogens with zero attached hydrogens (tertiary/aromatic N) is 2. The number of fused-ring (bicyclic) bond motifs is 1. The third kappa shape index (κ3) is 4.44. The number of nitrogens with two attached hydrogens (primary N) is 1. The number of aromatic nitrogens is 2. The quantitative estimate of drug-likeness (QED) is 0.609. The fourth-order valence-corrected chi connectivity index (χ4v) is 4.10. The molecule has 1 saturated heterocycles. The summed E-state index contributed by atoms with van der Waals surface area (Å²) in [5.41, 5.74) is 7.50. The van der Waals surface area contributed by atoms with Gasteiger partial charge in [0, 0.05) is 24.6 Å². The Balaban J connectivity index is 1.45. The van der Waals surface area contributed by atoms with Gasteiger partial charge in [0.15, 0.2) is 18.1 Å². The number of likely N-dealkylation sites (tertiary alicyclic amines) is 1. The Morgan fingerprint density at radius 1 is 1.26 bits per heavy atom. The van der Waals surface area contributed by atoms with Crippen molar-refractivity contribution >= 4 is 34.4 Å². The number of primary amides is 1. The normalized spacial score (nSPS) is 14.6. The van der Waals surface area contributed by atoms with E-state index in [0.717, 1.165) is 29.7 Å². The van der Waals surface area contributed by atoms with Crippen molar-refractivity contribution < 1.29 is 19.1 Å². The second-order valence-corrected chi connectivity index (χ2v) is 7.86. The SMILES string of the molecule is COc1cc(C(=O)N2CCC(c3nc4ccccc4[nH]3)CC2)cc(Cl)c1OCC(N)=O. The van der Waals surface area contributed by atoms with Crippen LogP contribution in [-0.4, -0.2) is 53.5 Å². The Bertz CT molecular complexity index is 1090. The summed E-state index contributed by atoms with van der Waals surface area (Å²) in [4.78, 5) is 33.9. The van der Waals surface area contributed by atoms with Crippen LogP contribution in [-0.2, 0) is 4.79 Å². The summed E-state index contributed by atoms with van der Waals surface area (Å²) in [5, 5.41) is 0.182. The van der Waals surface area contributed by atoms with Gasteiger partial charge < -0.3 is 25.1 Å². The van der Waals surface area contributed by atoms with Gasteiger partial charge in [-0.2, -0.15) is 0 Å². The number of amides is 2. The van der Waals surface area contributed by atoms with Crippen LogP contribution in [0.5, 0.6) is 11.5 Å². The number of aromatic amines is 1. The fourth-order valence-electron chi connectivity index (χ4n) is 3.83. The van der Waals surface area contributed by atoms with Gasteiger partial charge in [-0.25, -0.2) is 4.98 Å². The maximum Gasteiger partial charge on any atom is 0.255 e. The van der Waals surface area contributed by atoms with Gasteiger partial charge in [-0.05, 0) is 37.1 Å². The van der Waals surface area contributed by atoms with Gasteiger partial charge in [0.1, 0.15) is 5.82 Å². The second-order valence-electron chi connectivity index (χ2n) is 7.45. The summed E-state index contributed by atoms with van der Waals surface area (Å²) in [5.74, 6) is 0.931. The number of imidazole rings is 1. The Morgan fingerprint density at radius 3 is 2.68 bits per heavy atom. The van der Waals surface area contributed by atoms with Crippen molar-refractivity contribution in [3.63, 3.8) is 0 Å². The molecule has 8 nitrogen and oxygen atoms in total. The van der Waals surface area contributed by atoms with Gasteiger partial charge in [0.2, 0.25) is 0 Å². The lowest BCUT2D eigenvalue weighted by molar-refractivity contribution is -0.119. The number of hydrogen-bond acceptors (Lipinski definition) is 5. The molecule has 3 aromatic rings. The molecule has 1 aromatic heterocycles. The lowest BCUT2D eigenvalue weighted by Gasteiger charge is -2.31. The van der Waals surface area contributed by atoms with Gasteiger partial charge >= 0.3 is 0 Å². The highest BCUT2D eigenvalue weighted by atomic mass is 35.5. The third-order valence-corrected chi connectivity index (χ3v) is 5.69. The molecule has 9 heteroatoms. The van der Waals surface area contributed by atoms with Crippen LogP contribution in [0.1, 0.15) is 34.9 Å². The number of H-pyrrole nitrogens is 1. The zero-order valence-corrected chi connectivity index (χ0v) is 17.8. The first kappa shape index (κ1) is 21.0. The van der Waals surface area contributed by atoms with Crippen molar-refractivity contribution in [3.8, 4) is 11.5 Å². The van der Waals surface area contributed by atoms with Crippen LogP contribution in [0.4, 0.5) is 0 Å². The number of nitrogens with one attached hydrogen (secondary N) is 1. The molecule has 4 rings (SSSR count). The van der Waals surface area contributed by atoms with E-state index in [4.69, 9.17) is 31.8 Å². The van der Waals surface area contributed by atoms with Crippen LogP contribution in [0.25, 0.3) is 11.0 Å². The van der Waals surface area contributed by atoms with Crippen molar-refractivity contribution in [1.29, 1.82) is 0 Å².